The summed E-state index contributed by atoms with van der Waals surface area (Å²) in [5.41, 5.74) is 3.36. The second kappa shape index (κ2) is 8.14. The van der Waals surface area contributed by atoms with Crippen LogP contribution < -0.4 is 15.2 Å². The number of ether oxygens (including phenoxy) is 2. The molecule has 144 valence electrons. The lowest BCUT2D eigenvalue weighted by Crippen LogP contribution is -2.35. The molecule has 2 amide bonds. The molecule has 0 aliphatic carbocycles. The summed E-state index contributed by atoms with van der Waals surface area (Å²) in [6.45, 7) is 1.53. The zero-order valence-electron chi connectivity index (χ0n) is 15.1. The number of rotatable bonds is 5. The Bertz CT molecular complexity index is 958. The molecule has 1 aliphatic rings. The zero-order chi connectivity index (χ0) is 20.3. The van der Waals surface area contributed by atoms with Gasteiger partial charge in [0.25, 0.3) is 11.8 Å². The Balaban J connectivity index is 1.94. The number of benzene rings is 2. The molecule has 2 aromatic carbocycles. The largest absolute Gasteiger partial charge is 0.478 e. The summed E-state index contributed by atoms with van der Waals surface area (Å²) in [5, 5.41) is 1.55. The van der Waals surface area contributed by atoms with Gasteiger partial charge in [0.2, 0.25) is 0 Å². The summed E-state index contributed by atoms with van der Waals surface area (Å²) in [4.78, 5) is 36.7. The monoisotopic (exact) mass is 400 g/mol. The highest BCUT2D eigenvalue weighted by Crippen LogP contribution is 2.28. The van der Waals surface area contributed by atoms with E-state index in [2.05, 4.69) is 10.2 Å². The minimum absolute atomic E-state index is 0.0818. The quantitative estimate of drug-likeness (QED) is 0.474. The van der Waals surface area contributed by atoms with E-state index in [0.29, 0.717) is 16.3 Å². The molecule has 0 aromatic heterocycles. The van der Waals surface area contributed by atoms with Gasteiger partial charge in [0, 0.05) is 10.6 Å². The second-order valence-corrected chi connectivity index (χ2v) is 6.38. The molecular weight excluding hydrogens is 384 g/mol. The number of amides is 2. The van der Waals surface area contributed by atoms with Gasteiger partial charge >= 0.3 is 5.97 Å². The van der Waals surface area contributed by atoms with Crippen molar-refractivity contribution in [3.8, 4) is 5.75 Å². The van der Waals surface area contributed by atoms with Gasteiger partial charge in [0.05, 0.1) is 12.8 Å². The molecule has 0 saturated carbocycles. The van der Waals surface area contributed by atoms with Crippen LogP contribution in [0.15, 0.2) is 54.1 Å². The van der Waals surface area contributed by atoms with Crippen LogP contribution in [0, 0.1) is 0 Å². The Kier molecular flexibility index (Phi) is 5.65. The number of hydrogen-bond donors (Lipinski definition) is 1. The van der Waals surface area contributed by atoms with Crippen LogP contribution in [0.2, 0.25) is 5.02 Å². The number of hydrogen-bond acceptors (Lipinski definition) is 5. The Morgan fingerprint density at radius 1 is 1.18 bits per heavy atom. The molecule has 0 bridgehead atoms. The fourth-order valence-electron chi connectivity index (χ4n) is 2.62. The fraction of sp³-hybridized carbons (Fsp3) is 0.150. The van der Waals surface area contributed by atoms with Crippen molar-refractivity contribution in [1.82, 2.24) is 5.43 Å². The number of methoxy groups -OCH3 is 1. The number of nitrogens with zero attached hydrogens (tertiary/aromatic N) is 1. The molecule has 0 radical (unpaired) electrons. The molecule has 1 heterocycles. The first kappa shape index (κ1) is 19.4. The van der Waals surface area contributed by atoms with Gasteiger partial charge in [-0.15, -0.1) is 0 Å². The normalized spacial score (nSPS) is 16.1. The number of carbonyl (C=O) groups is 3. The van der Waals surface area contributed by atoms with Crippen molar-refractivity contribution in [3.05, 3.63) is 64.7 Å². The lowest BCUT2D eigenvalue weighted by Gasteiger charge is -2.15. The number of anilines is 1. The van der Waals surface area contributed by atoms with Crippen LogP contribution in [-0.2, 0) is 19.1 Å². The first-order chi connectivity index (χ1) is 13.4. The third-order valence-corrected chi connectivity index (χ3v) is 4.25. The third kappa shape index (κ3) is 3.99. The number of nitrogens with one attached hydrogen (secondary N) is 1. The number of hydrazine groups is 1. The molecule has 28 heavy (non-hydrogen) atoms. The van der Waals surface area contributed by atoms with E-state index >= 15 is 0 Å². The van der Waals surface area contributed by atoms with Crippen LogP contribution in [0.1, 0.15) is 12.5 Å². The Morgan fingerprint density at radius 2 is 1.89 bits per heavy atom. The molecule has 7 nitrogen and oxygen atoms in total. The van der Waals surface area contributed by atoms with Gasteiger partial charge in [-0.25, -0.2) is 9.80 Å². The highest BCUT2D eigenvalue weighted by atomic mass is 35.5. The molecule has 1 fully saturated rings. The highest BCUT2D eigenvalue weighted by Gasteiger charge is 2.34. The number of esters is 1. The molecule has 1 atom stereocenters. The van der Waals surface area contributed by atoms with Crippen molar-refractivity contribution in [1.29, 1.82) is 0 Å². The van der Waals surface area contributed by atoms with Crippen molar-refractivity contribution in [3.63, 3.8) is 0 Å². The topological polar surface area (TPSA) is 84.9 Å². The van der Waals surface area contributed by atoms with Gasteiger partial charge < -0.3 is 9.47 Å². The van der Waals surface area contributed by atoms with Crippen molar-refractivity contribution < 1.29 is 23.9 Å². The van der Waals surface area contributed by atoms with E-state index in [1.807, 2.05) is 0 Å². The first-order valence-corrected chi connectivity index (χ1v) is 8.74. The van der Waals surface area contributed by atoms with Crippen LogP contribution in [-0.4, -0.2) is 31.0 Å². The van der Waals surface area contributed by atoms with Gasteiger partial charge in [0.1, 0.15) is 11.3 Å². The minimum Gasteiger partial charge on any atom is -0.478 e. The summed E-state index contributed by atoms with van der Waals surface area (Å²) >= 11 is 6.05. The first-order valence-electron chi connectivity index (χ1n) is 8.37. The third-order valence-electron chi connectivity index (χ3n) is 4.01. The van der Waals surface area contributed by atoms with Crippen LogP contribution >= 0.6 is 11.6 Å². The lowest BCUT2D eigenvalue weighted by molar-refractivity contribution is -0.147. The average Bonchev–Trinajstić information content (AvgIpc) is 2.98. The van der Waals surface area contributed by atoms with E-state index in [0.717, 1.165) is 5.01 Å². The maximum absolute atomic E-state index is 12.7. The molecule has 0 unspecified atom stereocenters. The Hall–Kier alpha value is -3.32. The molecule has 1 saturated heterocycles. The van der Waals surface area contributed by atoms with Crippen LogP contribution in [0.3, 0.4) is 0 Å². The van der Waals surface area contributed by atoms with Gasteiger partial charge in [-0.2, -0.15) is 0 Å². The maximum Gasteiger partial charge on any atom is 0.346 e. The molecule has 1 aliphatic heterocycles. The average molecular weight is 401 g/mol. The van der Waals surface area contributed by atoms with Crippen LogP contribution in [0.5, 0.6) is 5.75 Å². The van der Waals surface area contributed by atoms with E-state index < -0.39 is 23.9 Å². The lowest BCUT2D eigenvalue weighted by atomic mass is 10.1. The summed E-state index contributed by atoms with van der Waals surface area (Å²) < 4.78 is 10.3. The summed E-state index contributed by atoms with van der Waals surface area (Å²) in [6.07, 6.45) is 0.503. The Morgan fingerprint density at radius 3 is 2.57 bits per heavy atom. The molecule has 3 rings (SSSR count). The predicted molar refractivity (Wildman–Crippen MR) is 104 cm³/mol. The van der Waals surface area contributed by atoms with Gasteiger partial charge in [-0.1, -0.05) is 29.8 Å². The number of para-hydroxylation sites is 1. The standard InChI is InChI=1S/C20H17ClN2O5/c1-12(20(26)27-2)28-17-9-8-14(21)10-13(17)11-16-18(24)22-23(19(16)25)15-6-4-3-5-7-15/h3-12H,1-2H3,(H,22,24)/b16-11-/t12-/m0/s1. The van der Waals surface area contributed by atoms with E-state index in [1.165, 1.54) is 20.1 Å². The second-order valence-electron chi connectivity index (χ2n) is 5.94. The van der Waals surface area contributed by atoms with E-state index in [4.69, 9.17) is 16.3 Å². The molecule has 0 spiro atoms. The molecule has 2 aromatic rings. The zero-order valence-corrected chi connectivity index (χ0v) is 15.9. The van der Waals surface area contributed by atoms with Crippen molar-refractivity contribution in [2.75, 3.05) is 12.1 Å². The van der Waals surface area contributed by atoms with E-state index in [9.17, 15) is 14.4 Å². The van der Waals surface area contributed by atoms with Crippen molar-refractivity contribution in [2.45, 2.75) is 13.0 Å². The van der Waals surface area contributed by atoms with Crippen LogP contribution in [0.4, 0.5) is 5.69 Å². The molecular formula is C20H17ClN2O5. The van der Waals surface area contributed by atoms with E-state index in [-0.39, 0.29) is 11.3 Å². The Labute approximate surface area is 166 Å². The number of carbonyl (C=O) groups excluding carboxylic acids is 3. The number of halogens is 1. The smallest absolute Gasteiger partial charge is 0.346 e. The molecule has 8 heteroatoms. The van der Waals surface area contributed by atoms with E-state index in [1.54, 1.807) is 48.5 Å². The molecule has 1 N–H and O–H groups in total. The van der Waals surface area contributed by atoms with Crippen LogP contribution in [0.25, 0.3) is 6.08 Å². The highest BCUT2D eigenvalue weighted by molar-refractivity contribution is 6.32. The van der Waals surface area contributed by atoms with Gasteiger partial charge in [-0.05, 0) is 43.3 Å². The predicted octanol–water partition coefficient (Wildman–Crippen LogP) is 2.74. The fourth-order valence-corrected chi connectivity index (χ4v) is 2.80. The minimum atomic E-state index is -0.878. The van der Waals surface area contributed by atoms with Gasteiger partial charge in [0.15, 0.2) is 6.10 Å². The summed E-state index contributed by atoms with van der Waals surface area (Å²) in [5.74, 6) is -1.34. The SMILES string of the molecule is COC(=O)[C@H](C)Oc1ccc(Cl)cc1/C=C1/C(=O)NN(c2ccccc2)C1=O. The maximum atomic E-state index is 12.7. The van der Waals surface area contributed by atoms with Crippen molar-refractivity contribution >= 4 is 41.1 Å². The summed E-state index contributed by atoms with van der Waals surface area (Å²) in [6, 6.07) is 13.4. The summed E-state index contributed by atoms with van der Waals surface area (Å²) in [7, 11) is 1.26. The van der Waals surface area contributed by atoms with Crippen molar-refractivity contribution in [2.24, 2.45) is 0 Å². The van der Waals surface area contributed by atoms with Gasteiger partial charge in [-0.3, -0.25) is 15.0 Å².